The first kappa shape index (κ1) is 23.5. The second-order valence-electron chi connectivity index (χ2n) is 7.19. The summed E-state index contributed by atoms with van der Waals surface area (Å²) in [5, 5.41) is 34.9. The number of amides is 2. The third kappa shape index (κ3) is 4.26. The van der Waals surface area contributed by atoms with Crippen molar-refractivity contribution < 1.29 is 39.3 Å². The molecule has 3 rings (SSSR count). The Morgan fingerprint density at radius 2 is 2.09 bits per heavy atom. The van der Waals surface area contributed by atoms with Gasteiger partial charge in [0, 0.05) is 11.1 Å². The third-order valence-corrected chi connectivity index (χ3v) is 6.60. The molecule has 0 aromatic carbocycles. The van der Waals surface area contributed by atoms with E-state index in [9.17, 15) is 34.5 Å². The number of carbonyl (C=O) groups is 4. The molecule has 0 unspecified atom stereocenters. The maximum Gasteiger partial charge on any atom is 0.352 e. The maximum absolute atomic E-state index is 12.9. The van der Waals surface area contributed by atoms with E-state index in [0.717, 1.165) is 16.2 Å². The number of aliphatic hydroxyl groups excluding tert-OH is 1. The Balaban J connectivity index is 1.83. The highest BCUT2D eigenvalue weighted by molar-refractivity contribution is 8.00. The first-order chi connectivity index (χ1) is 15.0. The minimum Gasteiger partial charge on any atom is -0.478 e. The second kappa shape index (κ2) is 8.76. The van der Waals surface area contributed by atoms with Gasteiger partial charge in [-0.3, -0.25) is 14.5 Å². The van der Waals surface area contributed by atoms with Crippen LogP contribution < -0.4 is 11.1 Å². The number of β-lactam (4-membered cyclic amide) rings is 1. The number of carbonyl (C=O) groups excluding carboxylic acids is 2. The summed E-state index contributed by atoms with van der Waals surface area (Å²) in [5.41, 5.74) is 3.36. The number of hydrogen-bond donors (Lipinski definition) is 5. The van der Waals surface area contributed by atoms with E-state index in [1.807, 2.05) is 0 Å². The van der Waals surface area contributed by atoms with E-state index < -0.39 is 53.1 Å². The molecule has 15 heteroatoms. The van der Waals surface area contributed by atoms with Crippen molar-refractivity contribution in [3.63, 3.8) is 0 Å². The van der Waals surface area contributed by atoms with Crippen LogP contribution in [0.3, 0.4) is 0 Å². The van der Waals surface area contributed by atoms with Crippen LogP contribution in [0.15, 0.2) is 21.8 Å². The molecule has 13 nitrogen and oxygen atoms in total. The van der Waals surface area contributed by atoms with E-state index in [0.29, 0.717) is 0 Å². The molecule has 172 valence electrons. The summed E-state index contributed by atoms with van der Waals surface area (Å²) in [6, 6.07) is -1.07. The lowest BCUT2D eigenvalue weighted by Gasteiger charge is -2.49. The highest BCUT2D eigenvalue weighted by Crippen LogP contribution is 2.40. The highest BCUT2D eigenvalue weighted by atomic mass is 32.2. The summed E-state index contributed by atoms with van der Waals surface area (Å²) in [6.45, 7) is 1.95. The molecule has 0 bridgehead atoms. The summed E-state index contributed by atoms with van der Waals surface area (Å²) >= 11 is 2.19. The average molecular weight is 486 g/mol. The van der Waals surface area contributed by atoms with Gasteiger partial charge in [0.2, 0.25) is 5.60 Å². The Kier molecular flexibility index (Phi) is 6.43. The molecule has 1 saturated heterocycles. The summed E-state index contributed by atoms with van der Waals surface area (Å²) in [5.74, 6) is -4.08. The molecule has 2 amide bonds. The number of oxime groups is 1. The summed E-state index contributed by atoms with van der Waals surface area (Å²) < 4.78 is 0. The zero-order valence-corrected chi connectivity index (χ0v) is 18.4. The number of nitrogens with one attached hydrogen (secondary N) is 1. The van der Waals surface area contributed by atoms with E-state index in [1.54, 1.807) is 0 Å². The SMILES string of the molecule is CC(C)(O/N=C(\C(=O)N[C@@H]1C(=O)N2C(C(=O)O)=C(CO)CS[C@H]12)c1csc(N)n1)C(=O)O. The van der Waals surface area contributed by atoms with Crippen molar-refractivity contribution in [3.05, 3.63) is 22.3 Å². The molecule has 0 radical (unpaired) electrons. The number of thioether (sulfide) groups is 1. The number of thiazole rings is 1. The van der Waals surface area contributed by atoms with Gasteiger partial charge in [0.25, 0.3) is 11.8 Å². The van der Waals surface area contributed by atoms with E-state index in [4.69, 9.17) is 10.6 Å². The van der Waals surface area contributed by atoms with Crippen LogP contribution in [0.25, 0.3) is 0 Å². The Labute approximate surface area is 188 Å². The summed E-state index contributed by atoms with van der Waals surface area (Å²) in [6.07, 6.45) is 0. The van der Waals surface area contributed by atoms with Gasteiger partial charge in [0.05, 0.1) is 6.61 Å². The fraction of sp³-hybridized carbons (Fsp3) is 0.412. The van der Waals surface area contributed by atoms with Gasteiger partial charge in [-0.05, 0) is 19.4 Å². The van der Waals surface area contributed by atoms with Gasteiger partial charge < -0.3 is 31.2 Å². The Bertz CT molecular complexity index is 1050. The van der Waals surface area contributed by atoms with Crippen LogP contribution >= 0.6 is 23.1 Å². The average Bonchev–Trinajstić information content (AvgIpc) is 3.16. The van der Waals surface area contributed by atoms with Gasteiger partial charge in [-0.15, -0.1) is 23.1 Å². The van der Waals surface area contributed by atoms with Crippen LogP contribution in [0.1, 0.15) is 19.5 Å². The van der Waals surface area contributed by atoms with Crippen molar-refractivity contribution in [2.75, 3.05) is 18.1 Å². The molecular formula is C17H19N5O8S2. The van der Waals surface area contributed by atoms with Crippen molar-refractivity contribution >= 4 is 57.7 Å². The molecule has 6 N–H and O–H groups in total. The molecule has 2 atom stereocenters. The van der Waals surface area contributed by atoms with E-state index in [2.05, 4.69) is 15.5 Å². The lowest BCUT2D eigenvalue weighted by atomic mass is 10.0. The normalized spacial score (nSPS) is 21.0. The molecule has 0 spiro atoms. The van der Waals surface area contributed by atoms with Crippen LogP contribution in [-0.2, 0) is 24.0 Å². The highest BCUT2D eigenvalue weighted by Gasteiger charge is 2.54. The van der Waals surface area contributed by atoms with Crippen LogP contribution in [0, 0.1) is 0 Å². The molecule has 0 aliphatic carbocycles. The number of aliphatic hydroxyl groups is 1. The van der Waals surface area contributed by atoms with Gasteiger partial charge in [0.15, 0.2) is 10.8 Å². The van der Waals surface area contributed by atoms with Gasteiger partial charge in [-0.2, -0.15) is 0 Å². The molecule has 2 aliphatic heterocycles. The number of nitrogens with zero attached hydrogens (tertiary/aromatic N) is 3. The minimum atomic E-state index is -1.75. The molecular weight excluding hydrogens is 466 g/mol. The third-order valence-electron chi connectivity index (χ3n) is 4.59. The lowest BCUT2D eigenvalue weighted by Crippen LogP contribution is -2.71. The van der Waals surface area contributed by atoms with Crippen molar-refractivity contribution in [1.29, 1.82) is 0 Å². The standard InChI is InChI=1S/C17H19N5O8S2/c1-17(2,15(28)29)30-21-8(7-5-32-16(18)19-7)11(24)20-9-12(25)22-10(14(26)27)6(3-23)4-31-13(9)22/h5,9,13,23H,3-4H2,1-2H3,(H2,18,19)(H,20,24)(H,26,27)(H,28,29)/b21-8-/t9-,13-/m1/s1. The molecule has 3 heterocycles. The molecule has 32 heavy (non-hydrogen) atoms. The van der Waals surface area contributed by atoms with Gasteiger partial charge in [0.1, 0.15) is 22.8 Å². The predicted octanol–water partition coefficient (Wildman–Crippen LogP) is -0.960. The Hall–Kier alpha value is -3.17. The smallest absolute Gasteiger partial charge is 0.352 e. The van der Waals surface area contributed by atoms with Crippen LogP contribution in [0.4, 0.5) is 5.13 Å². The van der Waals surface area contributed by atoms with Crippen LogP contribution in [0.5, 0.6) is 0 Å². The Morgan fingerprint density at radius 3 is 2.62 bits per heavy atom. The van der Waals surface area contributed by atoms with Crippen molar-refractivity contribution in [3.8, 4) is 0 Å². The van der Waals surface area contributed by atoms with Crippen molar-refractivity contribution in [1.82, 2.24) is 15.2 Å². The van der Waals surface area contributed by atoms with Gasteiger partial charge in [-0.1, -0.05) is 5.16 Å². The largest absolute Gasteiger partial charge is 0.478 e. The molecule has 0 saturated carbocycles. The number of fused-ring (bicyclic) bond motifs is 1. The van der Waals surface area contributed by atoms with Gasteiger partial charge in [-0.25, -0.2) is 14.6 Å². The van der Waals surface area contributed by atoms with E-state index in [-0.39, 0.29) is 27.8 Å². The number of carboxylic acid groups (broad SMARTS) is 2. The Morgan fingerprint density at radius 1 is 1.41 bits per heavy atom. The molecule has 1 fully saturated rings. The van der Waals surface area contributed by atoms with Crippen LogP contribution in [0.2, 0.25) is 0 Å². The lowest BCUT2D eigenvalue weighted by molar-refractivity contribution is -0.161. The second-order valence-corrected chi connectivity index (χ2v) is 9.19. The number of hydrogen-bond acceptors (Lipinski definition) is 11. The number of aliphatic carboxylic acids is 2. The fourth-order valence-corrected chi connectivity index (χ4v) is 4.70. The quantitative estimate of drug-likeness (QED) is 0.172. The number of rotatable bonds is 8. The number of anilines is 1. The zero-order chi connectivity index (χ0) is 23.8. The van der Waals surface area contributed by atoms with E-state index >= 15 is 0 Å². The number of aromatic nitrogens is 1. The summed E-state index contributed by atoms with van der Waals surface area (Å²) in [4.78, 5) is 58.3. The van der Waals surface area contributed by atoms with Crippen molar-refractivity contribution in [2.45, 2.75) is 30.9 Å². The first-order valence-corrected chi connectivity index (χ1v) is 10.9. The first-order valence-electron chi connectivity index (χ1n) is 9.00. The number of nitrogens with two attached hydrogens (primary N) is 1. The number of nitrogen functional groups attached to an aromatic ring is 1. The predicted molar refractivity (Wildman–Crippen MR) is 113 cm³/mol. The maximum atomic E-state index is 12.9. The molecule has 1 aromatic rings. The molecule has 1 aromatic heterocycles. The molecule has 2 aliphatic rings. The zero-order valence-electron chi connectivity index (χ0n) is 16.8. The van der Waals surface area contributed by atoms with Crippen LogP contribution in [-0.4, -0.2) is 84.0 Å². The minimum absolute atomic E-state index is 0.0137. The van der Waals surface area contributed by atoms with E-state index in [1.165, 1.54) is 31.0 Å². The van der Waals surface area contributed by atoms with Crippen molar-refractivity contribution in [2.24, 2.45) is 5.16 Å². The number of carboxylic acids is 2. The topological polar surface area (TPSA) is 205 Å². The fourth-order valence-electron chi connectivity index (χ4n) is 2.81. The monoisotopic (exact) mass is 485 g/mol. The van der Waals surface area contributed by atoms with Gasteiger partial charge >= 0.3 is 11.9 Å². The summed E-state index contributed by atoms with van der Waals surface area (Å²) in [7, 11) is 0.